The maximum Gasteiger partial charge on any atom is 0.246 e. The van der Waals surface area contributed by atoms with Crippen LogP contribution in [0.25, 0.3) is 0 Å². The lowest BCUT2D eigenvalue weighted by atomic mass is 10.1. The smallest absolute Gasteiger partial charge is 0.246 e. The van der Waals surface area contributed by atoms with Gasteiger partial charge in [-0.2, -0.15) is 0 Å². The topological polar surface area (TPSA) is 120 Å². The minimum atomic E-state index is -3.87. The van der Waals surface area contributed by atoms with E-state index in [4.69, 9.17) is 14.0 Å². The SMILES string of the molecule is COc1ccc(CCNC(=O)CNS(=O)(=O)c2c(C)noc2C)c(OC)c1. The van der Waals surface area contributed by atoms with E-state index in [0.717, 1.165) is 5.56 Å². The van der Waals surface area contributed by atoms with Crippen molar-refractivity contribution in [1.82, 2.24) is 15.2 Å². The predicted molar refractivity (Wildman–Crippen MR) is 97.4 cm³/mol. The number of nitrogens with zero attached hydrogens (tertiary/aromatic N) is 1. The Morgan fingerprint density at radius 1 is 1.22 bits per heavy atom. The quantitative estimate of drug-likeness (QED) is 0.646. The zero-order chi connectivity index (χ0) is 20.0. The van der Waals surface area contributed by atoms with E-state index < -0.39 is 15.9 Å². The molecule has 0 aliphatic carbocycles. The highest BCUT2D eigenvalue weighted by molar-refractivity contribution is 7.89. The summed E-state index contributed by atoms with van der Waals surface area (Å²) in [6.45, 7) is 2.96. The Morgan fingerprint density at radius 2 is 1.96 bits per heavy atom. The van der Waals surface area contributed by atoms with Gasteiger partial charge in [0.15, 0.2) is 5.76 Å². The van der Waals surface area contributed by atoms with E-state index in [2.05, 4.69) is 15.2 Å². The van der Waals surface area contributed by atoms with Crippen LogP contribution < -0.4 is 19.5 Å². The fourth-order valence-electron chi connectivity index (χ4n) is 2.55. The highest BCUT2D eigenvalue weighted by atomic mass is 32.2. The van der Waals surface area contributed by atoms with E-state index in [0.29, 0.717) is 24.5 Å². The lowest BCUT2D eigenvalue weighted by Crippen LogP contribution is -2.38. The molecule has 1 aromatic carbocycles. The van der Waals surface area contributed by atoms with E-state index in [1.165, 1.54) is 13.8 Å². The number of hydrogen-bond acceptors (Lipinski definition) is 7. The van der Waals surface area contributed by atoms with E-state index in [1.54, 1.807) is 26.4 Å². The molecule has 0 atom stereocenters. The summed E-state index contributed by atoms with van der Waals surface area (Å²) in [6.07, 6.45) is 0.523. The Kier molecular flexibility index (Phi) is 6.81. The van der Waals surface area contributed by atoms with Crippen LogP contribution in [0, 0.1) is 13.8 Å². The molecular formula is C17H23N3O6S. The second kappa shape index (κ2) is 8.87. The van der Waals surface area contributed by atoms with Crippen molar-refractivity contribution >= 4 is 15.9 Å². The zero-order valence-electron chi connectivity index (χ0n) is 15.7. The lowest BCUT2D eigenvalue weighted by Gasteiger charge is -2.11. The second-order valence-electron chi connectivity index (χ2n) is 5.76. The molecule has 2 rings (SSSR count). The molecule has 0 fully saturated rings. The summed E-state index contributed by atoms with van der Waals surface area (Å²) in [4.78, 5) is 11.9. The van der Waals surface area contributed by atoms with E-state index in [9.17, 15) is 13.2 Å². The van der Waals surface area contributed by atoms with Gasteiger partial charge in [0.2, 0.25) is 15.9 Å². The first-order chi connectivity index (χ1) is 12.8. The number of benzene rings is 1. The van der Waals surface area contributed by atoms with Gasteiger partial charge in [-0.25, -0.2) is 13.1 Å². The normalized spacial score (nSPS) is 11.3. The molecule has 0 saturated carbocycles. The molecule has 0 radical (unpaired) electrons. The van der Waals surface area contributed by atoms with Gasteiger partial charge in [-0.1, -0.05) is 11.2 Å². The van der Waals surface area contributed by atoms with Crippen LogP contribution in [0.2, 0.25) is 0 Å². The van der Waals surface area contributed by atoms with Crippen LogP contribution in [-0.2, 0) is 21.2 Å². The van der Waals surface area contributed by atoms with Crippen molar-refractivity contribution < 1.29 is 27.2 Å². The number of aryl methyl sites for hydroxylation is 2. The summed E-state index contributed by atoms with van der Waals surface area (Å²) in [5, 5.41) is 6.27. The van der Waals surface area contributed by atoms with E-state index in [1.807, 2.05) is 6.07 Å². The number of carbonyl (C=O) groups excluding carboxylic acids is 1. The number of sulfonamides is 1. The van der Waals surface area contributed by atoms with Crippen molar-refractivity contribution in [3.8, 4) is 11.5 Å². The van der Waals surface area contributed by atoms with Crippen LogP contribution in [0.1, 0.15) is 17.0 Å². The molecule has 0 unspecified atom stereocenters. The van der Waals surface area contributed by atoms with Gasteiger partial charge in [0.05, 0.1) is 20.8 Å². The van der Waals surface area contributed by atoms with Crippen molar-refractivity contribution in [1.29, 1.82) is 0 Å². The summed E-state index contributed by atoms with van der Waals surface area (Å²) in [7, 11) is -0.746. The number of amides is 1. The number of methoxy groups -OCH3 is 2. The third-order valence-corrected chi connectivity index (χ3v) is 5.51. The number of rotatable bonds is 9. The van der Waals surface area contributed by atoms with Crippen molar-refractivity contribution in [3.63, 3.8) is 0 Å². The number of ether oxygens (including phenoxy) is 2. The van der Waals surface area contributed by atoms with Crippen LogP contribution in [0.15, 0.2) is 27.6 Å². The largest absolute Gasteiger partial charge is 0.497 e. The van der Waals surface area contributed by atoms with E-state index in [-0.39, 0.29) is 22.9 Å². The predicted octanol–water partition coefficient (Wildman–Crippen LogP) is 0.946. The van der Waals surface area contributed by atoms with Crippen molar-refractivity contribution in [3.05, 3.63) is 35.2 Å². The second-order valence-corrected chi connectivity index (χ2v) is 7.46. The third kappa shape index (κ3) is 5.20. The molecule has 0 aliphatic heterocycles. The number of carbonyl (C=O) groups is 1. The first-order valence-electron chi connectivity index (χ1n) is 8.18. The molecule has 0 bridgehead atoms. The van der Waals surface area contributed by atoms with Gasteiger partial charge in [-0.15, -0.1) is 0 Å². The molecule has 9 nitrogen and oxygen atoms in total. The maximum absolute atomic E-state index is 12.3. The summed E-state index contributed by atoms with van der Waals surface area (Å²) in [5.41, 5.74) is 1.14. The summed E-state index contributed by atoms with van der Waals surface area (Å²) in [5.74, 6) is 1.06. The lowest BCUT2D eigenvalue weighted by molar-refractivity contribution is -0.119. The summed E-state index contributed by atoms with van der Waals surface area (Å²) in [6, 6.07) is 5.41. The molecule has 2 aromatic rings. The molecule has 27 heavy (non-hydrogen) atoms. The molecular weight excluding hydrogens is 374 g/mol. The fourth-order valence-corrected chi connectivity index (χ4v) is 3.86. The Bertz CT molecular complexity index is 888. The van der Waals surface area contributed by atoms with Crippen molar-refractivity contribution in [2.45, 2.75) is 25.2 Å². The minimum Gasteiger partial charge on any atom is -0.497 e. The Morgan fingerprint density at radius 3 is 2.56 bits per heavy atom. The van der Waals surface area contributed by atoms with Gasteiger partial charge in [0.1, 0.15) is 22.1 Å². The molecule has 10 heteroatoms. The van der Waals surface area contributed by atoms with E-state index >= 15 is 0 Å². The standard InChI is InChI=1S/C17H23N3O6S/c1-11-17(12(2)26-20-11)27(22,23)19-10-16(21)18-8-7-13-5-6-14(24-3)9-15(13)25-4/h5-6,9,19H,7-8,10H2,1-4H3,(H,18,21). The summed E-state index contributed by atoms with van der Waals surface area (Å²) >= 11 is 0. The summed E-state index contributed by atoms with van der Waals surface area (Å²) < 4.78 is 42.1. The molecule has 0 aliphatic rings. The first kappa shape index (κ1) is 20.7. The van der Waals surface area contributed by atoms with Crippen LogP contribution >= 0.6 is 0 Å². The van der Waals surface area contributed by atoms with Crippen LogP contribution in [0.4, 0.5) is 0 Å². The fraction of sp³-hybridized carbons (Fsp3) is 0.412. The van der Waals surface area contributed by atoms with Gasteiger partial charge in [0, 0.05) is 12.6 Å². The average Bonchev–Trinajstić information content (AvgIpc) is 2.99. The van der Waals surface area contributed by atoms with Crippen LogP contribution in [-0.4, -0.2) is 46.8 Å². The molecule has 1 aromatic heterocycles. The van der Waals surface area contributed by atoms with Gasteiger partial charge in [-0.05, 0) is 31.9 Å². The molecule has 1 amide bonds. The molecule has 1 heterocycles. The van der Waals surface area contributed by atoms with Gasteiger partial charge < -0.3 is 19.3 Å². The number of nitrogens with one attached hydrogen (secondary N) is 2. The Labute approximate surface area is 158 Å². The molecule has 0 spiro atoms. The van der Waals surface area contributed by atoms with Crippen molar-refractivity contribution in [2.24, 2.45) is 0 Å². The Hall–Kier alpha value is -2.59. The van der Waals surface area contributed by atoms with Gasteiger partial charge >= 0.3 is 0 Å². The van der Waals surface area contributed by atoms with Crippen LogP contribution in [0.3, 0.4) is 0 Å². The number of hydrogen-bond donors (Lipinski definition) is 2. The third-order valence-electron chi connectivity index (χ3n) is 3.87. The van der Waals surface area contributed by atoms with Gasteiger partial charge in [0.25, 0.3) is 0 Å². The Balaban J connectivity index is 1.87. The minimum absolute atomic E-state index is 0.0433. The van der Waals surface area contributed by atoms with Crippen LogP contribution in [0.5, 0.6) is 11.5 Å². The zero-order valence-corrected chi connectivity index (χ0v) is 16.5. The average molecular weight is 397 g/mol. The van der Waals surface area contributed by atoms with Crippen molar-refractivity contribution in [2.75, 3.05) is 27.3 Å². The molecule has 2 N–H and O–H groups in total. The molecule has 148 valence electrons. The number of aromatic nitrogens is 1. The molecule has 0 saturated heterocycles. The maximum atomic E-state index is 12.3. The monoisotopic (exact) mass is 397 g/mol. The first-order valence-corrected chi connectivity index (χ1v) is 9.67. The van der Waals surface area contributed by atoms with Gasteiger partial charge in [-0.3, -0.25) is 4.79 Å². The highest BCUT2D eigenvalue weighted by Crippen LogP contribution is 2.24. The highest BCUT2D eigenvalue weighted by Gasteiger charge is 2.24.